The zero-order chi connectivity index (χ0) is 9.68. The molecule has 1 heterocycles. The highest BCUT2D eigenvalue weighted by molar-refractivity contribution is 4.77. The van der Waals surface area contributed by atoms with Crippen LogP contribution in [0.3, 0.4) is 0 Å². The van der Waals surface area contributed by atoms with Gasteiger partial charge in [0, 0.05) is 19.1 Å². The smallest absolute Gasteiger partial charge is 0.0639 e. The van der Waals surface area contributed by atoms with Crippen LogP contribution >= 0.6 is 0 Å². The van der Waals surface area contributed by atoms with Gasteiger partial charge in [-0.1, -0.05) is 6.92 Å². The van der Waals surface area contributed by atoms with Crippen molar-refractivity contribution in [3.63, 3.8) is 0 Å². The Bertz CT molecular complexity index is 133. The summed E-state index contributed by atoms with van der Waals surface area (Å²) in [4.78, 5) is 2.31. The third kappa shape index (κ3) is 4.07. The molecule has 1 aliphatic rings. The Morgan fingerprint density at radius 3 is 2.85 bits per heavy atom. The number of hydrogen-bond donors (Lipinski definition) is 2. The number of aliphatic hydroxyl groups is 1. The average Bonchev–Trinajstić information content (AvgIpc) is 2.55. The summed E-state index contributed by atoms with van der Waals surface area (Å²) >= 11 is 0. The molecular weight excluding hydrogens is 164 g/mol. The Morgan fingerprint density at radius 1 is 1.62 bits per heavy atom. The highest BCUT2D eigenvalue weighted by Crippen LogP contribution is 2.07. The van der Waals surface area contributed by atoms with Crippen LogP contribution in [0.25, 0.3) is 0 Å². The summed E-state index contributed by atoms with van der Waals surface area (Å²) in [5, 5.41) is 12.7. The van der Waals surface area contributed by atoms with E-state index in [-0.39, 0.29) is 6.10 Å². The van der Waals surface area contributed by atoms with Crippen molar-refractivity contribution in [2.24, 2.45) is 0 Å². The quantitative estimate of drug-likeness (QED) is 0.654. The van der Waals surface area contributed by atoms with Crippen LogP contribution in [0, 0.1) is 0 Å². The first-order valence-corrected chi connectivity index (χ1v) is 5.36. The van der Waals surface area contributed by atoms with Gasteiger partial charge < -0.3 is 10.4 Å². The van der Waals surface area contributed by atoms with E-state index in [4.69, 9.17) is 0 Å². The highest BCUT2D eigenvalue weighted by Gasteiger charge is 2.17. The largest absolute Gasteiger partial charge is 0.392 e. The van der Waals surface area contributed by atoms with Gasteiger partial charge in [0.1, 0.15) is 0 Å². The summed E-state index contributed by atoms with van der Waals surface area (Å²) in [5.41, 5.74) is 0. The van der Waals surface area contributed by atoms with Crippen LogP contribution < -0.4 is 5.32 Å². The molecule has 0 bridgehead atoms. The molecule has 13 heavy (non-hydrogen) atoms. The van der Waals surface area contributed by atoms with E-state index < -0.39 is 0 Å². The maximum Gasteiger partial charge on any atom is 0.0639 e. The minimum absolute atomic E-state index is 0.207. The second kappa shape index (κ2) is 5.58. The zero-order valence-corrected chi connectivity index (χ0v) is 8.79. The first-order valence-electron chi connectivity index (χ1n) is 5.36. The number of aliphatic hydroxyl groups excluding tert-OH is 1. The first kappa shape index (κ1) is 11.0. The van der Waals surface area contributed by atoms with Crippen LogP contribution in [0.15, 0.2) is 0 Å². The van der Waals surface area contributed by atoms with E-state index in [1.165, 1.54) is 12.8 Å². The summed E-state index contributed by atoms with van der Waals surface area (Å²) < 4.78 is 0. The van der Waals surface area contributed by atoms with Gasteiger partial charge >= 0.3 is 0 Å². The molecule has 2 atom stereocenters. The van der Waals surface area contributed by atoms with E-state index in [1.54, 1.807) is 0 Å². The molecule has 0 amide bonds. The number of rotatable bonds is 5. The van der Waals surface area contributed by atoms with Crippen molar-refractivity contribution in [1.29, 1.82) is 0 Å². The van der Waals surface area contributed by atoms with Gasteiger partial charge in [0.25, 0.3) is 0 Å². The van der Waals surface area contributed by atoms with E-state index in [0.29, 0.717) is 6.04 Å². The van der Waals surface area contributed by atoms with Crippen LogP contribution in [-0.4, -0.2) is 48.3 Å². The molecule has 78 valence electrons. The molecule has 3 heteroatoms. The normalized spacial score (nSPS) is 25.4. The van der Waals surface area contributed by atoms with Crippen LogP contribution in [0.1, 0.15) is 26.7 Å². The van der Waals surface area contributed by atoms with Crippen molar-refractivity contribution in [2.45, 2.75) is 38.8 Å². The lowest BCUT2D eigenvalue weighted by atomic mass is 10.2. The molecule has 0 aromatic heterocycles. The molecule has 0 aromatic rings. The zero-order valence-electron chi connectivity index (χ0n) is 8.79. The van der Waals surface area contributed by atoms with Crippen molar-refractivity contribution < 1.29 is 5.11 Å². The maximum atomic E-state index is 9.27. The number of nitrogens with one attached hydrogen (secondary N) is 1. The Kier molecular flexibility index (Phi) is 4.70. The molecule has 2 unspecified atom stereocenters. The van der Waals surface area contributed by atoms with Crippen LogP contribution in [0.4, 0.5) is 0 Å². The first-order chi connectivity index (χ1) is 6.22. The van der Waals surface area contributed by atoms with Gasteiger partial charge in [-0.2, -0.15) is 0 Å². The molecule has 2 N–H and O–H groups in total. The number of likely N-dealkylation sites (N-methyl/N-ethyl adjacent to an activating group) is 1. The average molecular weight is 186 g/mol. The highest BCUT2D eigenvalue weighted by atomic mass is 16.3. The number of hydrogen-bond acceptors (Lipinski definition) is 3. The lowest BCUT2D eigenvalue weighted by Gasteiger charge is -2.25. The molecule has 0 aromatic carbocycles. The molecule has 1 fully saturated rings. The summed E-state index contributed by atoms with van der Waals surface area (Å²) in [7, 11) is 0. The number of nitrogens with zero attached hydrogens (tertiary/aromatic N) is 1. The van der Waals surface area contributed by atoms with E-state index in [0.717, 1.165) is 26.2 Å². The van der Waals surface area contributed by atoms with Crippen molar-refractivity contribution in [2.75, 3.05) is 26.2 Å². The van der Waals surface area contributed by atoms with E-state index >= 15 is 0 Å². The van der Waals surface area contributed by atoms with Crippen LogP contribution in [0.5, 0.6) is 0 Å². The monoisotopic (exact) mass is 186 g/mol. The SMILES string of the molecule is CCN(CC(C)O)CC1CCCN1. The van der Waals surface area contributed by atoms with Gasteiger partial charge in [0.2, 0.25) is 0 Å². The van der Waals surface area contributed by atoms with Gasteiger partial charge in [-0.3, -0.25) is 4.90 Å². The fraction of sp³-hybridized carbons (Fsp3) is 1.00. The Balaban J connectivity index is 2.21. The summed E-state index contributed by atoms with van der Waals surface area (Å²) in [6.45, 7) is 8.08. The van der Waals surface area contributed by atoms with Crippen molar-refractivity contribution in [1.82, 2.24) is 10.2 Å². The van der Waals surface area contributed by atoms with Gasteiger partial charge in [-0.15, -0.1) is 0 Å². The fourth-order valence-electron chi connectivity index (χ4n) is 1.93. The van der Waals surface area contributed by atoms with Gasteiger partial charge in [0.05, 0.1) is 6.10 Å². The van der Waals surface area contributed by atoms with E-state index in [1.807, 2.05) is 6.92 Å². The molecule has 1 rings (SSSR count). The van der Waals surface area contributed by atoms with Gasteiger partial charge in [-0.25, -0.2) is 0 Å². The van der Waals surface area contributed by atoms with Crippen molar-refractivity contribution in [3.05, 3.63) is 0 Å². The molecule has 0 spiro atoms. The minimum Gasteiger partial charge on any atom is -0.392 e. The Hall–Kier alpha value is -0.120. The molecule has 3 nitrogen and oxygen atoms in total. The lowest BCUT2D eigenvalue weighted by molar-refractivity contribution is 0.124. The predicted molar refractivity (Wildman–Crippen MR) is 54.8 cm³/mol. The minimum atomic E-state index is -0.207. The van der Waals surface area contributed by atoms with Crippen LogP contribution in [0.2, 0.25) is 0 Å². The fourth-order valence-corrected chi connectivity index (χ4v) is 1.93. The summed E-state index contributed by atoms with van der Waals surface area (Å²) in [5.74, 6) is 0. The topological polar surface area (TPSA) is 35.5 Å². The van der Waals surface area contributed by atoms with E-state index in [2.05, 4.69) is 17.1 Å². The summed E-state index contributed by atoms with van der Waals surface area (Å²) in [6, 6.07) is 0.652. The summed E-state index contributed by atoms with van der Waals surface area (Å²) in [6.07, 6.45) is 2.38. The second-order valence-electron chi connectivity index (χ2n) is 3.99. The van der Waals surface area contributed by atoms with E-state index in [9.17, 15) is 5.11 Å². The van der Waals surface area contributed by atoms with Gasteiger partial charge in [-0.05, 0) is 32.9 Å². The third-order valence-electron chi connectivity index (χ3n) is 2.61. The molecular formula is C10H22N2O. The molecule has 1 saturated heterocycles. The Labute approximate surface area is 81.1 Å². The van der Waals surface area contributed by atoms with Gasteiger partial charge in [0.15, 0.2) is 0 Å². The molecule has 0 radical (unpaired) electrons. The van der Waals surface area contributed by atoms with Crippen molar-refractivity contribution >= 4 is 0 Å². The second-order valence-corrected chi connectivity index (χ2v) is 3.99. The Morgan fingerprint density at radius 2 is 2.38 bits per heavy atom. The molecule has 0 saturated carbocycles. The standard InChI is InChI=1S/C10H22N2O/c1-3-12(7-9(2)13)8-10-5-4-6-11-10/h9-11,13H,3-8H2,1-2H3. The van der Waals surface area contributed by atoms with Crippen LogP contribution in [-0.2, 0) is 0 Å². The molecule has 0 aliphatic carbocycles. The maximum absolute atomic E-state index is 9.27. The predicted octanol–water partition coefficient (Wildman–Crippen LogP) is 0.441. The third-order valence-corrected chi connectivity index (χ3v) is 2.61. The van der Waals surface area contributed by atoms with Crippen molar-refractivity contribution in [3.8, 4) is 0 Å². The lowest BCUT2D eigenvalue weighted by Crippen LogP contribution is -2.40. The molecule has 1 aliphatic heterocycles.